The summed E-state index contributed by atoms with van der Waals surface area (Å²) in [6.45, 7) is 4.42. The van der Waals surface area contributed by atoms with Crippen LogP contribution >= 0.6 is 15.9 Å². The molecule has 0 unspecified atom stereocenters. The van der Waals surface area contributed by atoms with Gasteiger partial charge in [-0.05, 0) is 41.9 Å². The highest BCUT2D eigenvalue weighted by Crippen LogP contribution is 2.20. The van der Waals surface area contributed by atoms with E-state index in [1.807, 2.05) is 18.5 Å². The number of aromatic nitrogens is 3. The Labute approximate surface area is 113 Å². The standard InChI is InChI=1S/C12H12BrN3O2/c1-7-11(13)8(2)16(15-7)6-10-4-3-9(5-14-10)12(17)18/h3-5H,6H2,1-2H3,(H,17,18). The monoisotopic (exact) mass is 309 g/mol. The Hall–Kier alpha value is -1.69. The molecule has 6 heteroatoms. The molecule has 0 saturated carbocycles. The largest absolute Gasteiger partial charge is 0.478 e. The van der Waals surface area contributed by atoms with Crippen LogP contribution in [0.2, 0.25) is 0 Å². The molecule has 2 heterocycles. The van der Waals surface area contributed by atoms with Crippen molar-refractivity contribution >= 4 is 21.9 Å². The summed E-state index contributed by atoms with van der Waals surface area (Å²) in [6, 6.07) is 3.25. The molecule has 5 nitrogen and oxygen atoms in total. The van der Waals surface area contributed by atoms with Gasteiger partial charge < -0.3 is 5.11 Å². The van der Waals surface area contributed by atoms with Gasteiger partial charge in [0.15, 0.2) is 0 Å². The van der Waals surface area contributed by atoms with Crippen molar-refractivity contribution in [2.45, 2.75) is 20.4 Å². The van der Waals surface area contributed by atoms with Crippen LogP contribution in [0.25, 0.3) is 0 Å². The summed E-state index contributed by atoms with van der Waals surface area (Å²) in [7, 11) is 0. The van der Waals surface area contributed by atoms with Gasteiger partial charge in [-0.15, -0.1) is 0 Å². The predicted octanol–water partition coefficient (Wildman–Crippen LogP) is 2.40. The number of hydrogen-bond acceptors (Lipinski definition) is 3. The van der Waals surface area contributed by atoms with Crippen molar-refractivity contribution in [3.8, 4) is 0 Å². The van der Waals surface area contributed by atoms with Gasteiger partial charge in [0.05, 0.1) is 33.7 Å². The molecule has 0 atom stereocenters. The van der Waals surface area contributed by atoms with E-state index < -0.39 is 5.97 Å². The smallest absolute Gasteiger partial charge is 0.337 e. The number of rotatable bonds is 3. The van der Waals surface area contributed by atoms with Gasteiger partial charge in [0.25, 0.3) is 0 Å². The van der Waals surface area contributed by atoms with Crippen molar-refractivity contribution in [3.63, 3.8) is 0 Å². The van der Waals surface area contributed by atoms with Crippen molar-refractivity contribution in [3.05, 3.63) is 45.4 Å². The van der Waals surface area contributed by atoms with Gasteiger partial charge in [0.2, 0.25) is 0 Å². The maximum atomic E-state index is 10.7. The quantitative estimate of drug-likeness (QED) is 0.945. The molecule has 0 spiro atoms. The Morgan fingerprint density at radius 1 is 1.44 bits per heavy atom. The second-order valence-electron chi connectivity index (χ2n) is 3.99. The number of halogens is 1. The molecule has 0 amide bonds. The van der Waals surface area contributed by atoms with Crippen molar-refractivity contribution in [2.75, 3.05) is 0 Å². The molecule has 2 aromatic rings. The van der Waals surface area contributed by atoms with E-state index in [-0.39, 0.29) is 5.56 Å². The number of aryl methyl sites for hydroxylation is 1. The molecule has 0 radical (unpaired) electrons. The van der Waals surface area contributed by atoms with E-state index in [0.717, 1.165) is 21.6 Å². The summed E-state index contributed by atoms with van der Waals surface area (Å²) >= 11 is 3.46. The number of nitrogens with zero attached hydrogens (tertiary/aromatic N) is 3. The van der Waals surface area contributed by atoms with Gasteiger partial charge in [-0.25, -0.2) is 4.79 Å². The number of carboxylic acid groups (broad SMARTS) is 1. The van der Waals surface area contributed by atoms with Gasteiger partial charge in [0.1, 0.15) is 0 Å². The predicted molar refractivity (Wildman–Crippen MR) is 69.7 cm³/mol. The van der Waals surface area contributed by atoms with Crippen LogP contribution in [0.1, 0.15) is 27.4 Å². The molecule has 0 aliphatic heterocycles. The number of carboxylic acids is 1. The number of carbonyl (C=O) groups is 1. The van der Waals surface area contributed by atoms with Crippen LogP contribution in [-0.4, -0.2) is 25.8 Å². The minimum absolute atomic E-state index is 0.188. The molecule has 0 bridgehead atoms. The number of hydrogen-bond donors (Lipinski definition) is 1. The normalized spacial score (nSPS) is 10.6. The van der Waals surface area contributed by atoms with E-state index in [1.165, 1.54) is 6.20 Å². The second kappa shape index (κ2) is 4.89. The second-order valence-corrected chi connectivity index (χ2v) is 4.78. The Kier molecular flexibility index (Phi) is 3.47. The fraction of sp³-hybridized carbons (Fsp3) is 0.250. The Morgan fingerprint density at radius 3 is 2.61 bits per heavy atom. The van der Waals surface area contributed by atoms with E-state index in [9.17, 15) is 4.79 Å². The van der Waals surface area contributed by atoms with Gasteiger partial charge in [-0.2, -0.15) is 5.10 Å². The van der Waals surface area contributed by atoms with Gasteiger partial charge in [-0.1, -0.05) is 0 Å². The first kappa shape index (κ1) is 12.8. The van der Waals surface area contributed by atoms with Gasteiger partial charge >= 0.3 is 5.97 Å². The van der Waals surface area contributed by atoms with Crippen LogP contribution in [0, 0.1) is 13.8 Å². The topological polar surface area (TPSA) is 68.0 Å². The van der Waals surface area contributed by atoms with Crippen molar-refractivity contribution in [1.29, 1.82) is 0 Å². The van der Waals surface area contributed by atoms with Gasteiger partial charge in [0, 0.05) is 6.20 Å². The highest BCUT2D eigenvalue weighted by atomic mass is 79.9. The molecule has 0 saturated heterocycles. The Morgan fingerprint density at radius 2 is 2.17 bits per heavy atom. The average molecular weight is 310 g/mol. The summed E-state index contributed by atoms with van der Waals surface area (Å²) in [5, 5.41) is 13.2. The maximum Gasteiger partial charge on any atom is 0.337 e. The maximum absolute atomic E-state index is 10.7. The fourth-order valence-corrected chi connectivity index (χ4v) is 1.91. The van der Waals surface area contributed by atoms with Crippen LogP contribution in [0.4, 0.5) is 0 Å². The zero-order valence-corrected chi connectivity index (χ0v) is 11.6. The molecule has 94 valence electrons. The van der Waals surface area contributed by atoms with Crippen LogP contribution in [0.3, 0.4) is 0 Å². The van der Waals surface area contributed by atoms with Crippen molar-refractivity contribution in [1.82, 2.24) is 14.8 Å². The molecular weight excluding hydrogens is 298 g/mol. The van der Waals surface area contributed by atoms with E-state index in [1.54, 1.807) is 12.1 Å². The van der Waals surface area contributed by atoms with E-state index in [0.29, 0.717) is 6.54 Å². The molecule has 0 aliphatic carbocycles. The molecule has 0 fully saturated rings. The first-order chi connectivity index (χ1) is 8.49. The third-order valence-corrected chi connectivity index (χ3v) is 3.82. The number of pyridine rings is 1. The first-order valence-corrected chi connectivity index (χ1v) is 6.16. The summed E-state index contributed by atoms with van der Waals surface area (Å²) in [5.41, 5.74) is 2.91. The van der Waals surface area contributed by atoms with Crippen molar-refractivity contribution < 1.29 is 9.90 Å². The molecule has 0 aromatic carbocycles. The van der Waals surface area contributed by atoms with E-state index in [4.69, 9.17) is 5.11 Å². The average Bonchev–Trinajstić information content (AvgIpc) is 2.58. The lowest BCUT2D eigenvalue weighted by molar-refractivity contribution is 0.0696. The highest BCUT2D eigenvalue weighted by molar-refractivity contribution is 9.10. The fourth-order valence-electron chi connectivity index (χ4n) is 1.63. The molecule has 2 aromatic heterocycles. The summed E-state index contributed by atoms with van der Waals surface area (Å²) in [5.74, 6) is -0.970. The SMILES string of the molecule is Cc1nn(Cc2ccc(C(=O)O)cn2)c(C)c1Br. The van der Waals surface area contributed by atoms with Gasteiger partial charge in [-0.3, -0.25) is 9.67 Å². The third-order valence-electron chi connectivity index (χ3n) is 2.68. The zero-order chi connectivity index (χ0) is 13.3. The minimum atomic E-state index is -0.970. The molecule has 1 N–H and O–H groups in total. The van der Waals surface area contributed by atoms with Crippen LogP contribution in [-0.2, 0) is 6.54 Å². The highest BCUT2D eigenvalue weighted by Gasteiger charge is 2.10. The Bertz CT molecular complexity index is 590. The van der Waals surface area contributed by atoms with E-state index >= 15 is 0 Å². The third kappa shape index (κ3) is 2.43. The summed E-state index contributed by atoms with van der Waals surface area (Å²) < 4.78 is 2.83. The molecule has 0 aliphatic rings. The summed E-state index contributed by atoms with van der Waals surface area (Å²) in [6.07, 6.45) is 1.36. The molecular formula is C12H12BrN3O2. The minimum Gasteiger partial charge on any atom is -0.478 e. The number of aromatic carboxylic acids is 1. The van der Waals surface area contributed by atoms with E-state index in [2.05, 4.69) is 26.0 Å². The lowest BCUT2D eigenvalue weighted by Crippen LogP contribution is -2.06. The lowest BCUT2D eigenvalue weighted by atomic mass is 10.2. The molecule has 2 rings (SSSR count). The van der Waals surface area contributed by atoms with Crippen LogP contribution < -0.4 is 0 Å². The lowest BCUT2D eigenvalue weighted by Gasteiger charge is -2.04. The Balaban J connectivity index is 2.23. The zero-order valence-electron chi connectivity index (χ0n) is 10.0. The van der Waals surface area contributed by atoms with Crippen molar-refractivity contribution in [2.24, 2.45) is 0 Å². The van der Waals surface area contributed by atoms with Crippen LogP contribution in [0.5, 0.6) is 0 Å². The first-order valence-electron chi connectivity index (χ1n) is 5.36. The molecule has 18 heavy (non-hydrogen) atoms. The summed E-state index contributed by atoms with van der Waals surface area (Å²) in [4.78, 5) is 14.8. The van der Waals surface area contributed by atoms with Crippen LogP contribution in [0.15, 0.2) is 22.8 Å².